The summed E-state index contributed by atoms with van der Waals surface area (Å²) in [4.78, 5) is 36.6. The zero-order chi connectivity index (χ0) is 24.3. The summed E-state index contributed by atoms with van der Waals surface area (Å²) >= 11 is 0. The van der Waals surface area contributed by atoms with Crippen LogP contribution >= 0.6 is 0 Å². The van der Waals surface area contributed by atoms with Gasteiger partial charge in [-0.15, -0.1) is 0 Å². The summed E-state index contributed by atoms with van der Waals surface area (Å²) in [5.74, 6) is -1.05. The van der Waals surface area contributed by atoms with Crippen molar-refractivity contribution in [3.05, 3.63) is 89.5 Å². The van der Waals surface area contributed by atoms with Crippen molar-refractivity contribution >= 4 is 29.2 Å². The van der Waals surface area contributed by atoms with E-state index >= 15 is 0 Å². The lowest BCUT2D eigenvalue weighted by Gasteiger charge is -2.13. The van der Waals surface area contributed by atoms with Gasteiger partial charge in [-0.1, -0.05) is 43.3 Å². The van der Waals surface area contributed by atoms with Gasteiger partial charge in [0, 0.05) is 6.42 Å². The molecule has 0 saturated carbocycles. The van der Waals surface area contributed by atoms with Crippen molar-refractivity contribution in [2.24, 2.45) is 0 Å². The number of amides is 2. The van der Waals surface area contributed by atoms with Gasteiger partial charge in [0.25, 0.3) is 5.91 Å². The van der Waals surface area contributed by atoms with Crippen LogP contribution in [0.25, 0.3) is 0 Å². The maximum Gasteiger partial charge on any atom is 0.337 e. The monoisotopic (exact) mass is 460 g/mol. The van der Waals surface area contributed by atoms with Crippen LogP contribution in [0.2, 0.25) is 0 Å². The van der Waals surface area contributed by atoms with Gasteiger partial charge in [-0.2, -0.15) is 0 Å². The van der Waals surface area contributed by atoms with Crippen LogP contribution in [0.5, 0.6) is 5.75 Å². The first-order chi connectivity index (χ1) is 16.5. The number of rotatable bonds is 11. The number of benzene rings is 3. The van der Waals surface area contributed by atoms with E-state index in [1.54, 1.807) is 36.4 Å². The van der Waals surface area contributed by atoms with Crippen LogP contribution in [-0.2, 0) is 11.2 Å². The molecule has 0 unspecified atom stereocenters. The van der Waals surface area contributed by atoms with E-state index < -0.39 is 11.9 Å². The second kappa shape index (κ2) is 12.2. The third-order valence-corrected chi connectivity index (χ3v) is 5.25. The third-order valence-electron chi connectivity index (χ3n) is 5.25. The highest BCUT2D eigenvalue weighted by atomic mass is 16.5. The molecule has 7 nitrogen and oxygen atoms in total. The number of aryl methyl sites for hydroxylation is 1. The smallest absolute Gasteiger partial charge is 0.337 e. The van der Waals surface area contributed by atoms with Gasteiger partial charge in [0.05, 0.1) is 29.1 Å². The van der Waals surface area contributed by atoms with Crippen LogP contribution in [0.4, 0.5) is 11.4 Å². The molecule has 7 heteroatoms. The Morgan fingerprint density at radius 2 is 1.41 bits per heavy atom. The molecule has 0 aliphatic carbocycles. The molecule has 2 amide bonds. The maximum atomic E-state index is 12.8. The summed E-state index contributed by atoms with van der Waals surface area (Å²) in [6.45, 7) is 2.62. The van der Waals surface area contributed by atoms with Crippen LogP contribution < -0.4 is 15.4 Å². The molecule has 3 aromatic rings. The number of ether oxygens (including phenoxy) is 1. The Morgan fingerprint density at radius 1 is 0.794 bits per heavy atom. The van der Waals surface area contributed by atoms with Crippen molar-refractivity contribution in [2.75, 3.05) is 17.2 Å². The van der Waals surface area contributed by atoms with Gasteiger partial charge < -0.3 is 20.5 Å². The van der Waals surface area contributed by atoms with E-state index in [9.17, 15) is 19.5 Å². The van der Waals surface area contributed by atoms with Crippen molar-refractivity contribution in [3.63, 3.8) is 0 Å². The summed E-state index contributed by atoms with van der Waals surface area (Å²) in [6, 6.07) is 20.7. The number of hydrogen-bond donors (Lipinski definition) is 3. The first-order valence-electron chi connectivity index (χ1n) is 11.2. The minimum Gasteiger partial charge on any atom is -0.494 e. The van der Waals surface area contributed by atoms with Crippen molar-refractivity contribution in [1.29, 1.82) is 0 Å². The van der Waals surface area contributed by atoms with Gasteiger partial charge in [-0.3, -0.25) is 9.59 Å². The van der Waals surface area contributed by atoms with E-state index in [1.165, 1.54) is 17.7 Å². The molecule has 0 aliphatic rings. The number of carbonyl (C=O) groups excluding carboxylic acids is 2. The number of unbranched alkanes of at least 4 members (excludes halogenated alkanes) is 1. The van der Waals surface area contributed by atoms with Crippen LogP contribution in [0.3, 0.4) is 0 Å². The molecule has 0 aliphatic heterocycles. The molecular formula is C27H28N2O5. The highest BCUT2D eigenvalue weighted by Gasteiger charge is 2.16. The van der Waals surface area contributed by atoms with Gasteiger partial charge in [-0.05, 0) is 61.2 Å². The number of nitrogens with one attached hydrogen (secondary N) is 2. The Bertz CT molecular complexity index is 1140. The molecule has 0 aromatic heterocycles. The second-order valence-electron chi connectivity index (χ2n) is 7.70. The Labute approximate surface area is 198 Å². The van der Waals surface area contributed by atoms with Gasteiger partial charge >= 0.3 is 5.97 Å². The topological polar surface area (TPSA) is 105 Å². The van der Waals surface area contributed by atoms with E-state index in [0.717, 1.165) is 18.6 Å². The first kappa shape index (κ1) is 24.5. The number of anilines is 2. The largest absolute Gasteiger partial charge is 0.494 e. The molecule has 0 fully saturated rings. The molecule has 3 rings (SSSR count). The average molecular weight is 461 g/mol. The molecule has 0 spiro atoms. The average Bonchev–Trinajstić information content (AvgIpc) is 2.84. The van der Waals surface area contributed by atoms with E-state index in [4.69, 9.17) is 4.74 Å². The molecule has 3 N–H and O–H groups in total. The first-order valence-corrected chi connectivity index (χ1v) is 11.2. The molecule has 0 radical (unpaired) electrons. The van der Waals surface area contributed by atoms with E-state index in [2.05, 4.69) is 17.6 Å². The number of para-hydroxylation sites is 2. The quantitative estimate of drug-likeness (QED) is 0.333. The lowest BCUT2D eigenvalue weighted by molar-refractivity contribution is -0.116. The number of hydrogen-bond acceptors (Lipinski definition) is 4. The summed E-state index contributed by atoms with van der Waals surface area (Å²) in [7, 11) is 0. The highest BCUT2D eigenvalue weighted by Crippen LogP contribution is 2.20. The molecule has 3 aromatic carbocycles. The number of aromatic carboxylic acids is 1. The Morgan fingerprint density at radius 3 is 2.06 bits per heavy atom. The second-order valence-corrected chi connectivity index (χ2v) is 7.70. The summed E-state index contributed by atoms with van der Waals surface area (Å²) in [6.07, 6.45) is 2.63. The lowest BCUT2D eigenvalue weighted by Crippen LogP contribution is -2.19. The van der Waals surface area contributed by atoms with Gasteiger partial charge in [0.2, 0.25) is 5.91 Å². The van der Waals surface area contributed by atoms with Crippen molar-refractivity contribution in [3.8, 4) is 5.75 Å². The molecular weight excluding hydrogens is 432 g/mol. The Balaban J connectivity index is 1.50. The van der Waals surface area contributed by atoms with Crippen LogP contribution in [0.15, 0.2) is 72.8 Å². The molecule has 0 bridgehead atoms. The Hall–Kier alpha value is -4.13. The van der Waals surface area contributed by atoms with E-state index in [0.29, 0.717) is 18.7 Å². The Kier molecular flexibility index (Phi) is 8.80. The van der Waals surface area contributed by atoms with Gasteiger partial charge in [-0.25, -0.2) is 4.79 Å². The van der Waals surface area contributed by atoms with Crippen molar-refractivity contribution in [1.82, 2.24) is 0 Å². The zero-order valence-electron chi connectivity index (χ0n) is 19.0. The molecule has 0 atom stereocenters. The lowest BCUT2D eigenvalue weighted by atomic mass is 10.1. The maximum absolute atomic E-state index is 12.8. The summed E-state index contributed by atoms with van der Waals surface area (Å²) < 4.78 is 5.71. The molecule has 34 heavy (non-hydrogen) atoms. The summed E-state index contributed by atoms with van der Waals surface area (Å²) in [5, 5.41) is 14.7. The molecule has 176 valence electrons. The normalized spacial score (nSPS) is 10.4. The molecule has 0 heterocycles. The van der Waals surface area contributed by atoms with Gasteiger partial charge in [0.15, 0.2) is 0 Å². The minimum absolute atomic E-state index is 0.0131. The summed E-state index contributed by atoms with van der Waals surface area (Å²) in [5.41, 5.74) is 2.04. The molecule has 0 saturated heterocycles. The van der Waals surface area contributed by atoms with E-state index in [1.807, 2.05) is 24.3 Å². The fraction of sp³-hybridized carbons (Fsp3) is 0.222. The predicted octanol–water partition coefficient (Wildman–Crippen LogP) is 5.39. The SMILES string of the molecule is CCc1ccc(OCCCCC(=O)Nc2ccccc2C(=O)Nc2ccccc2C(=O)O)cc1. The number of carbonyl (C=O) groups is 3. The minimum atomic E-state index is -1.14. The van der Waals surface area contributed by atoms with Crippen LogP contribution in [-0.4, -0.2) is 29.5 Å². The number of carboxylic acid groups (broad SMARTS) is 1. The highest BCUT2D eigenvalue weighted by molar-refractivity contribution is 6.12. The number of carboxylic acids is 1. The zero-order valence-corrected chi connectivity index (χ0v) is 19.0. The fourth-order valence-corrected chi connectivity index (χ4v) is 3.37. The van der Waals surface area contributed by atoms with Crippen LogP contribution in [0, 0.1) is 0 Å². The van der Waals surface area contributed by atoms with E-state index in [-0.39, 0.29) is 29.1 Å². The van der Waals surface area contributed by atoms with Crippen LogP contribution in [0.1, 0.15) is 52.5 Å². The van der Waals surface area contributed by atoms with Gasteiger partial charge in [0.1, 0.15) is 5.75 Å². The predicted molar refractivity (Wildman–Crippen MR) is 132 cm³/mol. The van der Waals surface area contributed by atoms with Crippen molar-refractivity contribution in [2.45, 2.75) is 32.6 Å². The standard InChI is InChI=1S/C27H28N2O5/c1-2-19-14-16-20(17-15-19)34-18-8-7-13-25(30)28-23-11-5-3-9-21(23)26(31)29-24-12-6-4-10-22(24)27(32)33/h3-6,9-12,14-17H,2,7-8,13,18H2,1H3,(H,28,30)(H,29,31)(H,32,33). The third kappa shape index (κ3) is 6.93. The fourth-order valence-electron chi connectivity index (χ4n) is 3.37. The van der Waals surface area contributed by atoms with Crippen molar-refractivity contribution < 1.29 is 24.2 Å².